The summed E-state index contributed by atoms with van der Waals surface area (Å²) in [6.07, 6.45) is 0.879. The van der Waals surface area contributed by atoms with Crippen LogP contribution in [0.2, 0.25) is 0 Å². The Hall–Kier alpha value is -1.54. The van der Waals surface area contributed by atoms with Crippen LogP contribution in [0.25, 0.3) is 10.6 Å². The summed E-state index contributed by atoms with van der Waals surface area (Å²) < 4.78 is 27.9. The average Bonchev–Trinajstić information content (AvgIpc) is 3.23. The minimum absolute atomic E-state index is 0.285. The number of rotatable bonds is 6. The molecule has 0 bridgehead atoms. The largest absolute Gasteiger partial charge is 0.250 e. The van der Waals surface area contributed by atoms with E-state index in [-0.39, 0.29) is 6.54 Å². The number of thiophene rings is 1. The highest BCUT2D eigenvalue weighted by Crippen LogP contribution is 2.30. The van der Waals surface area contributed by atoms with Crippen LogP contribution in [0.4, 0.5) is 0 Å². The lowest BCUT2D eigenvalue weighted by molar-refractivity contribution is 0.583. The van der Waals surface area contributed by atoms with Crippen molar-refractivity contribution in [1.82, 2.24) is 9.71 Å². The van der Waals surface area contributed by atoms with Gasteiger partial charge in [0, 0.05) is 22.9 Å². The van der Waals surface area contributed by atoms with Gasteiger partial charge in [-0.05, 0) is 25.0 Å². The van der Waals surface area contributed by atoms with Crippen LogP contribution in [0.5, 0.6) is 0 Å². The van der Waals surface area contributed by atoms with Crippen LogP contribution in [0.1, 0.15) is 23.7 Å². The molecule has 0 aliphatic heterocycles. The van der Waals surface area contributed by atoms with Crippen molar-refractivity contribution in [2.24, 2.45) is 0 Å². The predicted molar refractivity (Wildman–Crippen MR) is 100 cm³/mol. The first-order valence-corrected chi connectivity index (χ1v) is 10.8. The molecule has 3 aromatic rings. The second-order valence-corrected chi connectivity index (χ2v) is 9.23. The van der Waals surface area contributed by atoms with E-state index in [4.69, 9.17) is 0 Å². The summed E-state index contributed by atoms with van der Waals surface area (Å²) in [6, 6.07) is 9.50. The minimum atomic E-state index is -3.51. The molecule has 2 aromatic heterocycles. The smallest absolute Gasteiger partial charge is 0.241 e. The molecule has 0 aliphatic rings. The van der Waals surface area contributed by atoms with E-state index in [0.717, 1.165) is 33.8 Å². The molecule has 0 aliphatic carbocycles. The highest BCUT2D eigenvalue weighted by molar-refractivity contribution is 7.91. The van der Waals surface area contributed by atoms with Gasteiger partial charge in [0.1, 0.15) is 9.22 Å². The van der Waals surface area contributed by atoms with E-state index in [1.165, 1.54) is 11.3 Å². The van der Waals surface area contributed by atoms with Crippen LogP contribution in [0.15, 0.2) is 45.3 Å². The topological polar surface area (TPSA) is 59.1 Å². The molecule has 7 heteroatoms. The average molecular weight is 379 g/mol. The van der Waals surface area contributed by atoms with Gasteiger partial charge in [-0.3, -0.25) is 0 Å². The monoisotopic (exact) mass is 378 g/mol. The van der Waals surface area contributed by atoms with Crippen molar-refractivity contribution in [2.75, 3.05) is 0 Å². The maximum atomic E-state index is 12.5. The van der Waals surface area contributed by atoms with E-state index in [0.29, 0.717) is 4.21 Å². The van der Waals surface area contributed by atoms with E-state index >= 15 is 0 Å². The first kappa shape index (κ1) is 17.3. The maximum absolute atomic E-state index is 12.5. The van der Waals surface area contributed by atoms with Crippen molar-refractivity contribution in [3.63, 3.8) is 0 Å². The molecular weight excluding hydrogens is 360 g/mol. The number of aryl methyl sites for hydroxylation is 2. The summed E-state index contributed by atoms with van der Waals surface area (Å²) in [5, 5.41) is 4.72. The molecule has 4 nitrogen and oxygen atoms in total. The van der Waals surface area contributed by atoms with Gasteiger partial charge in [0.05, 0.1) is 5.69 Å². The highest BCUT2D eigenvalue weighted by atomic mass is 32.2. The number of aromatic nitrogens is 1. The fourth-order valence-corrected chi connectivity index (χ4v) is 5.32. The van der Waals surface area contributed by atoms with Crippen LogP contribution in [0.3, 0.4) is 0 Å². The lowest BCUT2D eigenvalue weighted by Gasteiger charge is -2.05. The first-order valence-electron chi connectivity index (χ1n) is 7.56. The Balaban J connectivity index is 1.74. The molecule has 126 valence electrons. The van der Waals surface area contributed by atoms with Gasteiger partial charge in [-0.15, -0.1) is 22.7 Å². The van der Waals surface area contributed by atoms with Crippen molar-refractivity contribution in [1.29, 1.82) is 0 Å². The molecule has 3 rings (SSSR count). The van der Waals surface area contributed by atoms with Gasteiger partial charge in [-0.2, -0.15) is 0 Å². The minimum Gasteiger partial charge on any atom is -0.241 e. The Kier molecular flexibility index (Phi) is 5.15. The van der Waals surface area contributed by atoms with E-state index in [2.05, 4.69) is 16.6 Å². The normalized spacial score (nSPS) is 11.8. The number of nitrogens with one attached hydrogen (secondary N) is 1. The number of thiazole rings is 1. The van der Waals surface area contributed by atoms with E-state index < -0.39 is 10.0 Å². The van der Waals surface area contributed by atoms with Gasteiger partial charge in [0.25, 0.3) is 0 Å². The van der Waals surface area contributed by atoms with Crippen LogP contribution in [-0.4, -0.2) is 13.4 Å². The third-order valence-electron chi connectivity index (χ3n) is 3.59. The molecule has 0 fully saturated rings. The fraction of sp³-hybridized carbons (Fsp3) is 0.235. The SMILES string of the molecule is CCc1csc(-c2csc(S(=O)(=O)NCc3ccc(C)cc3)c2)n1. The second kappa shape index (κ2) is 7.14. The molecule has 0 spiro atoms. The zero-order valence-corrected chi connectivity index (χ0v) is 15.9. The molecule has 0 saturated heterocycles. The van der Waals surface area contributed by atoms with Gasteiger partial charge in [-0.25, -0.2) is 18.1 Å². The van der Waals surface area contributed by atoms with Gasteiger partial charge >= 0.3 is 0 Å². The van der Waals surface area contributed by atoms with Crippen molar-refractivity contribution in [3.05, 3.63) is 57.9 Å². The second-order valence-electron chi connectivity index (χ2n) is 5.46. The molecule has 0 atom stereocenters. The van der Waals surface area contributed by atoms with E-state index in [1.54, 1.807) is 17.4 Å². The van der Waals surface area contributed by atoms with Crippen molar-refractivity contribution in [2.45, 2.75) is 31.0 Å². The Morgan fingerprint density at radius 1 is 1.12 bits per heavy atom. The zero-order valence-electron chi connectivity index (χ0n) is 13.4. The Bertz CT molecular complexity index is 925. The number of hydrogen-bond donors (Lipinski definition) is 1. The third kappa shape index (κ3) is 3.92. The number of nitrogens with zero attached hydrogens (tertiary/aromatic N) is 1. The summed E-state index contributed by atoms with van der Waals surface area (Å²) in [6.45, 7) is 4.34. The molecule has 0 saturated carbocycles. The predicted octanol–water partition coefficient (Wildman–Crippen LogP) is 4.22. The lowest BCUT2D eigenvalue weighted by atomic mass is 10.2. The summed E-state index contributed by atoms with van der Waals surface area (Å²) >= 11 is 2.77. The summed E-state index contributed by atoms with van der Waals surface area (Å²) in [5.41, 5.74) is 3.98. The van der Waals surface area contributed by atoms with Crippen LogP contribution in [-0.2, 0) is 23.0 Å². The number of hydrogen-bond acceptors (Lipinski definition) is 5. The number of sulfonamides is 1. The lowest BCUT2D eigenvalue weighted by Crippen LogP contribution is -2.22. The summed E-state index contributed by atoms with van der Waals surface area (Å²) in [5.74, 6) is 0. The van der Waals surface area contributed by atoms with E-state index in [1.807, 2.05) is 41.9 Å². The van der Waals surface area contributed by atoms with E-state index in [9.17, 15) is 8.42 Å². The Morgan fingerprint density at radius 2 is 1.88 bits per heavy atom. The van der Waals surface area contributed by atoms with Gasteiger partial charge in [0.15, 0.2) is 0 Å². The zero-order chi connectivity index (χ0) is 17.2. The maximum Gasteiger partial charge on any atom is 0.250 e. The van der Waals surface area contributed by atoms with Crippen LogP contribution in [0, 0.1) is 6.92 Å². The molecule has 1 N–H and O–H groups in total. The van der Waals surface area contributed by atoms with Gasteiger partial charge in [-0.1, -0.05) is 36.8 Å². The molecule has 24 heavy (non-hydrogen) atoms. The molecule has 0 amide bonds. The molecule has 2 heterocycles. The molecule has 1 aromatic carbocycles. The van der Waals surface area contributed by atoms with Crippen LogP contribution < -0.4 is 4.72 Å². The first-order chi connectivity index (χ1) is 11.5. The summed E-state index contributed by atoms with van der Waals surface area (Å²) in [7, 11) is -3.51. The molecular formula is C17H18N2O2S3. The van der Waals surface area contributed by atoms with Crippen molar-refractivity contribution < 1.29 is 8.42 Å². The quantitative estimate of drug-likeness (QED) is 0.698. The highest BCUT2D eigenvalue weighted by Gasteiger charge is 2.18. The van der Waals surface area contributed by atoms with Gasteiger partial charge < -0.3 is 0 Å². The summed E-state index contributed by atoms with van der Waals surface area (Å²) in [4.78, 5) is 4.51. The third-order valence-corrected chi connectivity index (χ3v) is 7.37. The molecule has 0 unspecified atom stereocenters. The van der Waals surface area contributed by atoms with Gasteiger partial charge in [0.2, 0.25) is 10.0 Å². The Labute approximate surface area is 150 Å². The number of benzene rings is 1. The van der Waals surface area contributed by atoms with Crippen LogP contribution >= 0.6 is 22.7 Å². The molecule has 0 radical (unpaired) electrons. The van der Waals surface area contributed by atoms with Crippen molar-refractivity contribution >= 4 is 32.7 Å². The standard InChI is InChI=1S/C17H18N2O2S3/c1-3-15-11-23-17(19-15)14-8-16(22-10-14)24(20,21)18-9-13-6-4-12(2)5-7-13/h4-8,10-11,18H,3,9H2,1-2H3. The fourth-order valence-electron chi connectivity index (χ4n) is 2.13. The Morgan fingerprint density at radius 3 is 2.54 bits per heavy atom. The van der Waals surface area contributed by atoms with Crippen molar-refractivity contribution in [3.8, 4) is 10.6 Å².